The molecule has 2 aromatic rings. The molecule has 2 heterocycles. The van der Waals surface area contributed by atoms with E-state index in [0.717, 1.165) is 24.2 Å². The van der Waals surface area contributed by atoms with Gasteiger partial charge < -0.3 is 10.6 Å². The molecule has 0 atom stereocenters. The van der Waals surface area contributed by atoms with Gasteiger partial charge in [0.25, 0.3) is 0 Å². The summed E-state index contributed by atoms with van der Waals surface area (Å²) in [5, 5.41) is 2.12. The Morgan fingerprint density at radius 2 is 2.28 bits per heavy atom. The molecule has 3 nitrogen and oxygen atoms in total. The molecule has 2 rings (SSSR count). The number of nitrogens with zero attached hydrogens (tertiary/aromatic N) is 2. The van der Waals surface area contributed by atoms with E-state index in [-0.39, 0.29) is 0 Å². The number of aryl methyl sites for hydroxylation is 1. The average Bonchev–Trinajstić information content (AvgIpc) is 2.89. The molecule has 0 spiro atoms. The second kappa shape index (κ2) is 5.98. The fourth-order valence-corrected chi connectivity index (χ4v) is 2.64. The highest BCUT2D eigenvalue weighted by molar-refractivity contribution is 7.09. The molecule has 0 aliphatic carbocycles. The normalized spacial score (nSPS) is 10.6. The van der Waals surface area contributed by atoms with Gasteiger partial charge in [0.05, 0.1) is 0 Å². The predicted molar refractivity (Wildman–Crippen MR) is 78.2 cm³/mol. The number of aromatic nitrogens is 1. The first kappa shape index (κ1) is 13.1. The van der Waals surface area contributed by atoms with Crippen molar-refractivity contribution in [3.63, 3.8) is 0 Å². The summed E-state index contributed by atoms with van der Waals surface area (Å²) in [6, 6.07) is 6.39. The Labute approximate surface area is 112 Å². The molecule has 0 saturated carbocycles. The number of anilines is 1. The van der Waals surface area contributed by atoms with Crippen LogP contribution in [0.1, 0.15) is 16.1 Å². The molecule has 2 aromatic heterocycles. The van der Waals surface area contributed by atoms with Gasteiger partial charge in [0.2, 0.25) is 0 Å². The summed E-state index contributed by atoms with van der Waals surface area (Å²) in [7, 11) is 2.11. The number of hydrogen-bond acceptors (Lipinski definition) is 4. The zero-order valence-electron chi connectivity index (χ0n) is 10.9. The zero-order chi connectivity index (χ0) is 13.0. The van der Waals surface area contributed by atoms with Crippen LogP contribution in [0, 0.1) is 6.92 Å². The Balaban J connectivity index is 2.08. The van der Waals surface area contributed by atoms with Crippen LogP contribution in [-0.4, -0.2) is 18.6 Å². The van der Waals surface area contributed by atoms with Crippen LogP contribution < -0.4 is 10.6 Å². The molecular weight excluding hydrogens is 242 g/mol. The van der Waals surface area contributed by atoms with Crippen LogP contribution in [0.3, 0.4) is 0 Å². The van der Waals surface area contributed by atoms with Crippen LogP contribution in [0.4, 0.5) is 5.69 Å². The quantitative estimate of drug-likeness (QED) is 0.899. The molecule has 0 aliphatic rings. The van der Waals surface area contributed by atoms with E-state index in [1.54, 1.807) is 0 Å². The second-order valence-electron chi connectivity index (χ2n) is 4.41. The molecule has 0 amide bonds. The lowest BCUT2D eigenvalue weighted by Crippen LogP contribution is -2.22. The molecule has 0 fully saturated rings. The number of likely N-dealkylation sites (N-methyl/N-ethyl adjacent to an activating group) is 1. The van der Waals surface area contributed by atoms with Gasteiger partial charge in [-0.25, -0.2) is 0 Å². The van der Waals surface area contributed by atoms with Crippen molar-refractivity contribution >= 4 is 17.0 Å². The minimum absolute atomic E-state index is 0.534. The first-order valence-corrected chi connectivity index (χ1v) is 6.98. The highest BCUT2D eigenvalue weighted by Gasteiger charge is 2.08. The molecule has 0 unspecified atom stereocenters. The van der Waals surface area contributed by atoms with E-state index in [9.17, 15) is 0 Å². The van der Waals surface area contributed by atoms with E-state index >= 15 is 0 Å². The van der Waals surface area contributed by atoms with Crippen LogP contribution >= 0.6 is 11.3 Å². The number of rotatable bonds is 5. The smallest absolute Gasteiger partial charge is 0.0442 e. The molecule has 4 heteroatoms. The van der Waals surface area contributed by atoms with Gasteiger partial charge in [-0.05, 0) is 30.9 Å². The Morgan fingerprint density at radius 3 is 2.94 bits per heavy atom. The van der Waals surface area contributed by atoms with E-state index in [1.165, 1.54) is 10.6 Å². The van der Waals surface area contributed by atoms with Crippen molar-refractivity contribution in [3.8, 4) is 0 Å². The van der Waals surface area contributed by atoms with Crippen LogP contribution in [-0.2, 0) is 13.0 Å². The Bertz CT molecular complexity index is 494. The maximum atomic E-state index is 5.76. The van der Waals surface area contributed by atoms with Crippen molar-refractivity contribution in [2.45, 2.75) is 19.9 Å². The van der Waals surface area contributed by atoms with Crippen molar-refractivity contribution in [1.82, 2.24) is 4.98 Å². The highest BCUT2D eigenvalue weighted by Crippen LogP contribution is 2.20. The number of hydrogen-bond donors (Lipinski definition) is 1. The summed E-state index contributed by atoms with van der Waals surface area (Å²) in [6.07, 6.45) is 2.95. The SMILES string of the molecule is Cc1cc(N(C)CCc2cccs2)c(CN)cn1. The van der Waals surface area contributed by atoms with Gasteiger partial charge in [-0.3, -0.25) is 4.98 Å². The molecule has 18 heavy (non-hydrogen) atoms. The van der Waals surface area contributed by atoms with Crippen LogP contribution in [0.15, 0.2) is 29.8 Å². The Morgan fingerprint density at radius 1 is 1.44 bits per heavy atom. The molecule has 0 radical (unpaired) electrons. The number of thiophene rings is 1. The lowest BCUT2D eigenvalue weighted by Gasteiger charge is -2.22. The van der Waals surface area contributed by atoms with Crippen molar-refractivity contribution < 1.29 is 0 Å². The van der Waals surface area contributed by atoms with E-state index in [0.29, 0.717) is 6.54 Å². The fraction of sp³-hybridized carbons (Fsp3) is 0.357. The molecule has 96 valence electrons. The molecule has 2 N–H and O–H groups in total. The number of nitrogens with two attached hydrogens (primary N) is 1. The minimum atomic E-state index is 0.534. The third kappa shape index (κ3) is 3.09. The van der Waals surface area contributed by atoms with Crippen LogP contribution in [0.5, 0.6) is 0 Å². The zero-order valence-corrected chi connectivity index (χ0v) is 11.7. The van der Waals surface area contributed by atoms with E-state index in [4.69, 9.17) is 5.73 Å². The molecular formula is C14H19N3S. The first-order chi connectivity index (χ1) is 8.70. The third-order valence-electron chi connectivity index (χ3n) is 3.00. The Kier molecular flexibility index (Phi) is 4.33. The van der Waals surface area contributed by atoms with Gasteiger partial charge in [0.1, 0.15) is 0 Å². The van der Waals surface area contributed by atoms with Gasteiger partial charge >= 0.3 is 0 Å². The summed E-state index contributed by atoms with van der Waals surface area (Å²) in [6.45, 7) is 3.54. The van der Waals surface area contributed by atoms with E-state index < -0.39 is 0 Å². The monoisotopic (exact) mass is 261 g/mol. The first-order valence-electron chi connectivity index (χ1n) is 6.10. The fourth-order valence-electron chi connectivity index (χ4n) is 1.94. The average molecular weight is 261 g/mol. The molecule has 0 bridgehead atoms. The van der Waals surface area contributed by atoms with Gasteiger partial charge in [0, 0.05) is 48.2 Å². The standard InChI is InChI=1S/C14H19N3S/c1-11-8-14(12(9-15)10-16-11)17(2)6-5-13-4-3-7-18-13/h3-4,7-8,10H,5-6,9,15H2,1-2H3. The van der Waals surface area contributed by atoms with E-state index in [2.05, 4.69) is 40.5 Å². The van der Waals surface area contributed by atoms with Crippen molar-refractivity contribution in [1.29, 1.82) is 0 Å². The maximum absolute atomic E-state index is 5.76. The van der Waals surface area contributed by atoms with Gasteiger partial charge in [-0.2, -0.15) is 0 Å². The molecule has 0 aromatic carbocycles. The minimum Gasteiger partial charge on any atom is -0.374 e. The second-order valence-corrected chi connectivity index (χ2v) is 5.44. The van der Waals surface area contributed by atoms with Gasteiger partial charge in [-0.15, -0.1) is 11.3 Å². The largest absolute Gasteiger partial charge is 0.374 e. The summed E-state index contributed by atoms with van der Waals surface area (Å²) in [5.41, 5.74) is 9.10. The van der Waals surface area contributed by atoms with Crippen LogP contribution in [0.2, 0.25) is 0 Å². The van der Waals surface area contributed by atoms with Crippen molar-refractivity contribution in [2.75, 3.05) is 18.5 Å². The van der Waals surface area contributed by atoms with Crippen molar-refractivity contribution in [2.24, 2.45) is 5.73 Å². The van der Waals surface area contributed by atoms with Crippen molar-refractivity contribution in [3.05, 3.63) is 45.9 Å². The molecule has 0 saturated heterocycles. The highest BCUT2D eigenvalue weighted by atomic mass is 32.1. The Hall–Kier alpha value is -1.39. The van der Waals surface area contributed by atoms with Gasteiger partial charge in [0.15, 0.2) is 0 Å². The summed E-state index contributed by atoms with van der Waals surface area (Å²) in [5.74, 6) is 0. The summed E-state index contributed by atoms with van der Waals surface area (Å²) < 4.78 is 0. The maximum Gasteiger partial charge on any atom is 0.0442 e. The summed E-state index contributed by atoms with van der Waals surface area (Å²) in [4.78, 5) is 7.98. The molecule has 0 aliphatic heterocycles. The van der Waals surface area contributed by atoms with Gasteiger partial charge in [-0.1, -0.05) is 6.07 Å². The number of pyridine rings is 1. The van der Waals surface area contributed by atoms with Crippen LogP contribution in [0.25, 0.3) is 0 Å². The summed E-state index contributed by atoms with van der Waals surface area (Å²) >= 11 is 1.81. The topological polar surface area (TPSA) is 42.1 Å². The lowest BCUT2D eigenvalue weighted by molar-refractivity contribution is 0.869. The van der Waals surface area contributed by atoms with E-state index in [1.807, 2.05) is 24.5 Å². The predicted octanol–water partition coefficient (Wildman–Crippen LogP) is 2.59. The third-order valence-corrected chi connectivity index (χ3v) is 3.94. The lowest BCUT2D eigenvalue weighted by atomic mass is 10.2.